The summed E-state index contributed by atoms with van der Waals surface area (Å²) in [5.74, 6) is 0.287. The quantitative estimate of drug-likeness (QED) is 0.920. The van der Waals surface area contributed by atoms with Gasteiger partial charge in [0.15, 0.2) is 0 Å². The van der Waals surface area contributed by atoms with Gasteiger partial charge in [0.25, 0.3) is 0 Å². The van der Waals surface area contributed by atoms with Crippen LogP contribution in [0.3, 0.4) is 0 Å². The monoisotopic (exact) mass is 279 g/mol. The van der Waals surface area contributed by atoms with E-state index in [1.165, 1.54) is 12.1 Å². The van der Waals surface area contributed by atoms with Crippen molar-refractivity contribution in [1.82, 2.24) is 0 Å². The first kappa shape index (κ1) is 13.8. The zero-order valence-electron chi connectivity index (χ0n) is 10.5. The highest BCUT2D eigenvalue weighted by Gasteiger charge is 2.18. The standard InChI is InChI=1S/C15H15ClFNO/c1-10(18)15(11-2-4-12(16)5-3-11)19-14-8-6-13(17)7-9-14/h2-10,15H,18H2,1H3. The van der Waals surface area contributed by atoms with Gasteiger partial charge in [-0.25, -0.2) is 4.39 Å². The van der Waals surface area contributed by atoms with Crippen LogP contribution in [0.1, 0.15) is 18.6 Å². The average Bonchev–Trinajstić information content (AvgIpc) is 2.39. The Morgan fingerprint density at radius 2 is 1.63 bits per heavy atom. The molecule has 2 atom stereocenters. The van der Waals surface area contributed by atoms with E-state index in [-0.39, 0.29) is 18.0 Å². The number of benzene rings is 2. The number of hydrogen-bond acceptors (Lipinski definition) is 2. The van der Waals surface area contributed by atoms with Crippen molar-refractivity contribution in [3.63, 3.8) is 0 Å². The summed E-state index contributed by atoms with van der Waals surface area (Å²) in [7, 11) is 0. The Labute approximate surface area is 117 Å². The van der Waals surface area contributed by atoms with Crippen LogP contribution in [0.2, 0.25) is 5.02 Å². The average molecular weight is 280 g/mol. The normalized spacial score (nSPS) is 13.9. The molecule has 2 unspecified atom stereocenters. The lowest BCUT2D eigenvalue weighted by Crippen LogP contribution is -2.29. The fraction of sp³-hybridized carbons (Fsp3) is 0.200. The summed E-state index contributed by atoms with van der Waals surface area (Å²) in [5, 5.41) is 0.661. The molecule has 0 radical (unpaired) electrons. The van der Waals surface area contributed by atoms with Gasteiger partial charge in [-0.05, 0) is 48.9 Å². The molecule has 0 saturated carbocycles. The van der Waals surface area contributed by atoms with E-state index in [1.807, 2.05) is 19.1 Å². The Kier molecular flexibility index (Phi) is 4.40. The highest BCUT2D eigenvalue weighted by Crippen LogP contribution is 2.25. The second-order valence-corrected chi connectivity index (χ2v) is 4.84. The van der Waals surface area contributed by atoms with Crippen LogP contribution in [-0.2, 0) is 0 Å². The first-order chi connectivity index (χ1) is 9.06. The highest BCUT2D eigenvalue weighted by molar-refractivity contribution is 6.30. The largest absolute Gasteiger partial charge is 0.484 e. The van der Waals surface area contributed by atoms with Gasteiger partial charge < -0.3 is 10.5 Å². The van der Waals surface area contributed by atoms with Crippen molar-refractivity contribution < 1.29 is 9.13 Å². The van der Waals surface area contributed by atoms with Crippen molar-refractivity contribution in [3.8, 4) is 5.75 Å². The second-order valence-electron chi connectivity index (χ2n) is 4.40. The second kappa shape index (κ2) is 6.04. The minimum absolute atomic E-state index is 0.203. The molecule has 0 spiro atoms. The summed E-state index contributed by atoms with van der Waals surface area (Å²) in [4.78, 5) is 0. The van der Waals surface area contributed by atoms with Gasteiger partial charge in [0.05, 0.1) is 0 Å². The van der Waals surface area contributed by atoms with Gasteiger partial charge in [-0.15, -0.1) is 0 Å². The third kappa shape index (κ3) is 3.69. The molecule has 2 N–H and O–H groups in total. The van der Waals surface area contributed by atoms with Gasteiger partial charge >= 0.3 is 0 Å². The van der Waals surface area contributed by atoms with Crippen LogP contribution in [0.4, 0.5) is 4.39 Å². The molecular formula is C15H15ClFNO. The van der Waals surface area contributed by atoms with Crippen LogP contribution in [0, 0.1) is 5.82 Å². The van der Waals surface area contributed by atoms with E-state index in [2.05, 4.69) is 0 Å². The Morgan fingerprint density at radius 1 is 1.05 bits per heavy atom. The molecular weight excluding hydrogens is 265 g/mol. The fourth-order valence-electron chi connectivity index (χ4n) is 1.79. The van der Waals surface area contributed by atoms with Crippen LogP contribution in [0.15, 0.2) is 48.5 Å². The molecule has 2 aromatic rings. The van der Waals surface area contributed by atoms with Crippen molar-refractivity contribution in [2.45, 2.75) is 19.1 Å². The molecule has 100 valence electrons. The third-order valence-electron chi connectivity index (χ3n) is 2.75. The Morgan fingerprint density at radius 3 is 2.16 bits per heavy atom. The molecule has 2 nitrogen and oxygen atoms in total. The summed E-state index contributed by atoms with van der Waals surface area (Å²) in [5.41, 5.74) is 6.89. The van der Waals surface area contributed by atoms with E-state index < -0.39 is 0 Å². The molecule has 0 aliphatic heterocycles. The van der Waals surface area contributed by atoms with Gasteiger partial charge in [0.1, 0.15) is 17.7 Å². The molecule has 2 rings (SSSR count). The lowest BCUT2D eigenvalue weighted by atomic mass is 10.0. The number of ether oxygens (including phenoxy) is 1. The van der Waals surface area contributed by atoms with Gasteiger partial charge in [0.2, 0.25) is 0 Å². The van der Waals surface area contributed by atoms with Crippen molar-refractivity contribution in [3.05, 3.63) is 64.9 Å². The lowest BCUT2D eigenvalue weighted by molar-refractivity contribution is 0.180. The number of nitrogens with two attached hydrogens (primary N) is 1. The predicted octanol–water partition coefficient (Wildman–Crippen LogP) is 3.95. The van der Waals surface area contributed by atoms with Crippen molar-refractivity contribution >= 4 is 11.6 Å². The SMILES string of the molecule is CC(N)C(Oc1ccc(F)cc1)c1ccc(Cl)cc1. The topological polar surface area (TPSA) is 35.2 Å². The Bertz CT molecular complexity index is 525. The zero-order chi connectivity index (χ0) is 13.8. The molecule has 0 aliphatic rings. The molecule has 0 aliphatic carbocycles. The molecule has 0 heterocycles. The van der Waals surface area contributed by atoms with Crippen LogP contribution in [-0.4, -0.2) is 6.04 Å². The molecule has 19 heavy (non-hydrogen) atoms. The smallest absolute Gasteiger partial charge is 0.138 e. The maximum absolute atomic E-state index is 12.9. The number of hydrogen-bond donors (Lipinski definition) is 1. The summed E-state index contributed by atoms with van der Waals surface area (Å²) < 4.78 is 18.7. The Hall–Kier alpha value is -1.58. The van der Waals surface area contributed by atoms with Crippen molar-refractivity contribution in [2.24, 2.45) is 5.73 Å². The summed E-state index contributed by atoms with van der Waals surface area (Å²) >= 11 is 5.86. The van der Waals surface area contributed by atoms with Gasteiger partial charge in [-0.1, -0.05) is 23.7 Å². The maximum Gasteiger partial charge on any atom is 0.138 e. The molecule has 0 aromatic heterocycles. The van der Waals surface area contributed by atoms with Crippen LogP contribution in [0.5, 0.6) is 5.75 Å². The van der Waals surface area contributed by atoms with E-state index in [0.29, 0.717) is 10.8 Å². The van der Waals surface area contributed by atoms with E-state index >= 15 is 0 Å². The van der Waals surface area contributed by atoms with E-state index in [1.54, 1.807) is 24.3 Å². The number of halogens is 2. The van der Waals surface area contributed by atoms with Gasteiger partial charge in [-0.2, -0.15) is 0 Å². The van der Waals surface area contributed by atoms with Crippen molar-refractivity contribution in [2.75, 3.05) is 0 Å². The maximum atomic E-state index is 12.9. The van der Waals surface area contributed by atoms with E-state index in [4.69, 9.17) is 22.1 Å². The van der Waals surface area contributed by atoms with Crippen molar-refractivity contribution in [1.29, 1.82) is 0 Å². The summed E-state index contributed by atoms with van der Waals surface area (Å²) in [6.07, 6.45) is -0.303. The van der Waals surface area contributed by atoms with E-state index in [9.17, 15) is 4.39 Å². The minimum atomic E-state index is -0.303. The van der Waals surface area contributed by atoms with Gasteiger partial charge in [0, 0.05) is 11.1 Å². The minimum Gasteiger partial charge on any atom is -0.484 e. The highest BCUT2D eigenvalue weighted by atomic mass is 35.5. The molecule has 0 fully saturated rings. The molecule has 0 bridgehead atoms. The van der Waals surface area contributed by atoms with Gasteiger partial charge in [-0.3, -0.25) is 0 Å². The summed E-state index contributed by atoms with van der Waals surface area (Å²) in [6, 6.07) is 13.0. The molecule has 0 saturated heterocycles. The first-order valence-electron chi connectivity index (χ1n) is 5.99. The Balaban J connectivity index is 2.21. The zero-order valence-corrected chi connectivity index (χ0v) is 11.3. The van der Waals surface area contributed by atoms with Crippen LogP contribution >= 0.6 is 11.6 Å². The van der Waals surface area contributed by atoms with E-state index in [0.717, 1.165) is 5.56 Å². The first-order valence-corrected chi connectivity index (χ1v) is 6.37. The third-order valence-corrected chi connectivity index (χ3v) is 3.00. The van der Waals surface area contributed by atoms with Crippen LogP contribution in [0.25, 0.3) is 0 Å². The fourth-order valence-corrected chi connectivity index (χ4v) is 1.92. The molecule has 4 heteroatoms. The summed E-state index contributed by atoms with van der Waals surface area (Å²) in [6.45, 7) is 1.86. The lowest BCUT2D eigenvalue weighted by Gasteiger charge is -2.23. The molecule has 2 aromatic carbocycles. The van der Waals surface area contributed by atoms with Crippen LogP contribution < -0.4 is 10.5 Å². The molecule has 0 amide bonds. The predicted molar refractivity (Wildman–Crippen MR) is 74.9 cm³/mol. The number of rotatable bonds is 4.